The Morgan fingerprint density at radius 1 is 1.46 bits per heavy atom. The number of hydrogen-bond acceptors (Lipinski definition) is 4. The number of carbonyl (C=O) groups excluding carboxylic acids is 1. The van der Waals surface area contributed by atoms with Crippen LogP contribution >= 0.6 is 11.6 Å². The lowest BCUT2D eigenvalue weighted by Crippen LogP contribution is -2.43. The lowest BCUT2D eigenvalue weighted by atomic mass is 9.88. The highest BCUT2D eigenvalue weighted by molar-refractivity contribution is 6.31. The van der Waals surface area contributed by atoms with Gasteiger partial charge < -0.3 is 10.1 Å². The number of methoxy groups -OCH3 is 1. The van der Waals surface area contributed by atoms with Crippen LogP contribution in [0.2, 0.25) is 0 Å². The molecule has 126 valence electrons. The first-order chi connectivity index (χ1) is 11.6. The van der Waals surface area contributed by atoms with Gasteiger partial charge in [-0.15, -0.1) is 0 Å². The van der Waals surface area contributed by atoms with E-state index in [1.54, 1.807) is 18.3 Å². The zero-order valence-electron chi connectivity index (χ0n) is 13.9. The van der Waals surface area contributed by atoms with E-state index in [4.69, 9.17) is 16.3 Å². The third kappa shape index (κ3) is 3.60. The molecule has 1 aromatic heterocycles. The summed E-state index contributed by atoms with van der Waals surface area (Å²) in [5, 5.41) is 4.49. The van der Waals surface area contributed by atoms with Gasteiger partial charge in [-0.3, -0.25) is 4.98 Å². The number of fused-ring (bicyclic) bond motifs is 1. The van der Waals surface area contributed by atoms with Crippen molar-refractivity contribution >= 4 is 17.6 Å². The summed E-state index contributed by atoms with van der Waals surface area (Å²) >= 11 is 6.24. The largest absolute Gasteiger partial charge is 0.465 e. The van der Waals surface area contributed by atoms with Crippen LogP contribution in [0, 0.1) is 0 Å². The van der Waals surface area contributed by atoms with Crippen LogP contribution in [-0.4, -0.2) is 30.1 Å². The average molecular weight is 345 g/mol. The molecule has 4 nitrogen and oxygen atoms in total. The first-order valence-electron chi connectivity index (χ1n) is 8.12. The highest BCUT2D eigenvalue weighted by Crippen LogP contribution is 2.30. The summed E-state index contributed by atoms with van der Waals surface area (Å²) in [6.45, 7) is 2.07. The van der Waals surface area contributed by atoms with Crippen LogP contribution in [0.15, 0.2) is 52.7 Å². The van der Waals surface area contributed by atoms with Crippen molar-refractivity contribution in [3.8, 4) is 0 Å². The third-order valence-electron chi connectivity index (χ3n) is 4.59. The minimum absolute atomic E-state index is 0.204. The van der Waals surface area contributed by atoms with Gasteiger partial charge >= 0.3 is 5.97 Å². The van der Waals surface area contributed by atoms with Crippen molar-refractivity contribution in [1.29, 1.82) is 0 Å². The van der Waals surface area contributed by atoms with Crippen molar-refractivity contribution in [2.45, 2.75) is 38.3 Å². The molecule has 0 radical (unpaired) electrons. The van der Waals surface area contributed by atoms with Crippen molar-refractivity contribution in [3.05, 3.63) is 64.0 Å². The quantitative estimate of drug-likeness (QED) is 0.849. The van der Waals surface area contributed by atoms with Gasteiger partial charge in [0.05, 0.1) is 18.7 Å². The topological polar surface area (TPSA) is 51.2 Å². The van der Waals surface area contributed by atoms with Gasteiger partial charge in [-0.25, -0.2) is 4.79 Å². The van der Waals surface area contributed by atoms with Crippen molar-refractivity contribution in [1.82, 2.24) is 10.3 Å². The fraction of sp³-hybridized carbons (Fsp3) is 0.368. The molecule has 0 spiro atoms. The van der Waals surface area contributed by atoms with E-state index in [-0.39, 0.29) is 12.0 Å². The standard InChI is InChI=1S/C19H21ClN2O2/c1-12-17(20)8-4-13-3-5-15(22-18(12)13)6-7-16-11-14(9-10-21-16)19(23)24-2/h3-4,8-11,15,18,22H,5-7H2,1-2H3. The summed E-state index contributed by atoms with van der Waals surface area (Å²) in [7, 11) is 1.39. The number of pyridine rings is 1. The van der Waals surface area contributed by atoms with E-state index in [1.807, 2.05) is 6.08 Å². The molecule has 3 rings (SSSR count). The Labute approximate surface area is 147 Å². The third-order valence-corrected chi connectivity index (χ3v) is 5.02. The van der Waals surface area contributed by atoms with E-state index in [9.17, 15) is 4.79 Å². The van der Waals surface area contributed by atoms with Crippen LogP contribution in [0.4, 0.5) is 0 Å². The van der Waals surface area contributed by atoms with E-state index in [2.05, 4.69) is 29.4 Å². The number of rotatable bonds is 4. The highest BCUT2D eigenvalue weighted by Gasteiger charge is 2.26. The minimum atomic E-state index is -0.327. The zero-order valence-corrected chi connectivity index (χ0v) is 14.6. The molecule has 5 heteroatoms. The number of aromatic nitrogens is 1. The Morgan fingerprint density at radius 2 is 2.29 bits per heavy atom. The Morgan fingerprint density at radius 3 is 3.08 bits per heavy atom. The Hall–Kier alpha value is -1.91. The molecular weight excluding hydrogens is 324 g/mol. The molecule has 24 heavy (non-hydrogen) atoms. The normalized spacial score (nSPS) is 22.9. The lowest BCUT2D eigenvalue weighted by Gasteiger charge is -2.33. The first-order valence-corrected chi connectivity index (χ1v) is 8.50. The zero-order chi connectivity index (χ0) is 17.1. The van der Waals surface area contributed by atoms with Crippen LogP contribution in [0.5, 0.6) is 0 Å². The maximum Gasteiger partial charge on any atom is 0.337 e. The smallest absolute Gasteiger partial charge is 0.337 e. The minimum Gasteiger partial charge on any atom is -0.465 e. The summed E-state index contributed by atoms with van der Waals surface area (Å²) in [4.78, 5) is 16.0. The number of hydrogen-bond donors (Lipinski definition) is 1. The average Bonchev–Trinajstić information content (AvgIpc) is 2.63. The molecule has 0 bridgehead atoms. The molecule has 1 aliphatic carbocycles. The summed E-state index contributed by atoms with van der Waals surface area (Å²) in [5.41, 5.74) is 3.91. The maximum atomic E-state index is 11.6. The molecule has 0 fully saturated rings. The van der Waals surface area contributed by atoms with E-state index < -0.39 is 0 Å². The monoisotopic (exact) mass is 344 g/mol. The van der Waals surface area contributed by atoms with Crippen LogP contribution in [0.25, 0.3) is 0 Å². The predicted octanol–water partition coefficient (Wildman–Crippen LogP) is 3.54. The van der Waals surface area contributed by atoms with Gasteiger partial charge in [-0.2, -0.15) is 0 Å². The van der Waals surface area contributed by atoms with E-state index >= 15 is 0 Å². The molecule has 2 unspecified atom stereocenters. The van der Waals surface area contributed by atoms with Gasteiger partial charge in [0.2, 0.25) is 0 Å². The molecule has 2 heterocycles. The molecular formula is C19H21ClN2O2. The number of esters is 1. The van der Waals surface area contributed by atoms with Crippen LogP contribution in [-0.2, 0) is 11.2 Å². The number of nitrogens with one attached hydrogen (secondary N) is 1. The molecule has 1 N–H and O–H groups in total. The molecule has 2 atom stereocenters. The van der Waals surface area contributed by atoms with Crippen molar-refractivity contribution in [3.63, 3.8) is 0 Å². The first kappa shape index (κ1) is 16.9. The molecule has 0 saturated heterocycles. The van der Waals surface area contributed by atoms with Crippen molar-refractivity contribution < 1.29 is 9.53 Å². The number of aryl methyl sites for hydroxylation is 1. The van der Waals surface area contributed by atoms with Gasteiger partial charge in [0.1, 0.15) is 0 Å². The van der Waals surface area contributed by atoms with Crippen LogP contribution < -0.4 is 5.32 Å². The van der Waals surface area contributed by atoms with Gasteiger partial charge in [0.25, 0.3) is 0 Å². The van der Waals surface area contributed by atoms with Gasteiger partial charge in [0, 0.05) is 23.0 Å². The molecule has 1 aliphatic heterocycles. The summed E-state index contributed by atoms with van der Waals surface area (Å²) in [5.74, 6) is -0.327. The van der Waals surface area contributed by atoms with Gasteiger partial charge in [-0.05, 0) is 55.5 Å². The summed E-state index contributed by atoms with van der Waals surface area (Å²) in [6.07, 6.45) is 10.7. The fourth-order valence-electron chi connectivity index (χ4n) is 3.16. The number of allylic oxidation sites excluding steroid dienone is 2. The molecule has 0 saturated carbocycles. The second-order valence-corrected chi connectivity index (χ2v) is 6.57. The molecule has 0 aromatic carbocycles. The Balaban J connectivity index is 1.63. The highest BCUT2D eigenvalue weighted by atomic mass is 35.5. The van der Waals surface area contributed by atoms with Gasteiger partial charge in [0.15, 0.2) is 0 Å². The fourth-order valence-corrected chi connectivity index (χ4v) is 3.33. The lowest BCUT2D eigenvalue weighted by molar-refractivity contribution is 0.0600. The SMILES string of the molecule is COC(=O)c1ccnc(CCC2CC=C3C=CC(Cl)=C(C)C3N2)c1. The number of carbonyl (C=O) groups is 1. The summed E-state index contributed by atoms with van der Waals surface area (Å²) in [6, 6.07) is 4.05. The van der Waals surface area contributed by atoms with Gasteiger partial charge in [-0.1, -0.05) is 23.8 Å². The Kier molecular flexibility index (Phi) is 5.17. The van der Waals surface area contributed by atoms with Crippen LogP contribution in [0.1, 0.15) is 35.8 Å². The maximum absolute atomic E-state index is 11.6. The number of nitrogens with zero attached hydrogens (tertiary/aromatic N) is 1. The second-order valence-electron chi connectivity index (χ2n) is 6.17. The van der Waals surface area contributed by atoms with E-state index in [0.29, 0.717) is 11.6 Å². The van der Waals surface area contributed by atoms with Crippen molar-refractivity contribution in [2.24, 2.45) is 0 Å². The second kappa shape index (κ2) is 7.32. The van der Waals surface area contributed by atoms with Crippen LogP contribution in [0.3, 0.4) is 0 Å². The molecule has 0 amide bonds. The van der Waals surface area contributed by atoms with E-state index in [0.717, 1.165) is 30.0 Å². The number of ether oxygens (including phenoxy) is 1. The predicted molar refractivity (Wildman–Crippen MR) is 95.0 cm³/mol. The Bertz CT molecular complexity index is 737. The molecule has 1 aromatic rings. The van der Waals surface area contributed by atoms with Crippen molar-refractivity contribution in [2.75, 3.05) is 7.11 Å². The summed E-state index contributed by atoms with van der Waals surface area (Å²) < 4.78 is 4.76. The van der Waals surface area contributed by atoms with E-state index in [1.165, 1.54) is 18.3 Å². The number of halogens is 1. The molecule has 2 aliphatic rings.